The van der Waals surface area contributed by atoms with Crippen molar-refractivity contribution < 1.29 is 18.9 Å². The van der Waals surface area contributed by atoms with Gasteiger partial charge in [0.05, 0.1) is 5.87 Å². The first-order chi connectivity index (χ1) is 10.4. The second kappa shape index (κ2) is 5.60. The van der Waals surface area contributed by atoms with Crippen molar-refractivity contribution in [1.29, 1.82) is 0 Å². The molecule has 4 rings (SSSR count). The second-order valence-corrected chi connectivity index (χ2v) is 4.52. The fourth-order valence-electron chi connectivity index (χ4n) is 2.57. The van der Waals surface area contributed by atoms with Crippen LogP contribution in [0.25, 0.3) is 0 Å². The van der Waals surface area contributed by atoms with Crippen molar-refractivity contribution in [2.75, 3.05) is 0 Å². The number of aromatic nitrogens is 6. The molecule has 8 nitrogen and oxygen atoms in total. The predicted molar refractivity (Wildman–Crippen MR) is 76.0 cm³/mol. The standard InChI is InChI=1S/C12H10BN8.Li/c1-5-14-18(9-1)13(19-10-2-6-15-19,20-11-3-7-16-20)21-12-4-8-17-21;/h1-3,5-7,9-12H;/q-1;+1. The van der Waals surface area contributed by atoms with E-state index in [1.54, 1.807) is 43.5 Å². The third-order valence-corrected chi connectivity index (χ3v) is 3.42. The van der Waals surface area contributed by atoms with E-state index in [4.69, 9.17) is 0 Å². The first-order valence-corrected chi connectivity index (χ1v) is 6.40. The summed E-state index contributed by atoms with van der Waals surface area (Å²) in [6.45, 7) is -1.90. The molecular weight excluding hydrogens is 274 g/mol. The fourth-order valence-corrected chi connectivity index (χ4v) is 2.57. The Hall–Kier alpha value is -2.68. The Labute approximate surface area is 138 Å². The summed E-state index contributed by atoms with van der Waals surface area (Å²) in [4.78, 5) is 1.70. The van der Waals surface area contributed by atoms with Crippen LogP contribution in [0.3, 0.4) is 0 Å². The van der Waals surface area contributed by atoms with E-state index in [0.717, 1.165) is 0 Å². The van der Waals surface area contributed by atoms with Gasteiger partial charge in [-0.15, -0.1) is 0 Å². The quantitative estimate of drug-likeness (QED) is 0.384. The summed E-state index contributed by atoms with van der Waals surface area (Å²) in [6, 6.07) is 5.54. The van der Waals surface area contributed by atoms with Crippen LogP contribution < -0.4 is 18.9 Å². The van der Waals surface area contributed by atoms with E-state index >= 15 is 0 Å². The molecule has 0 bridgehead atoms. The molecule has 0 aromatic carbocycles. The molecule has 0 N–H and O–H groups in total. The molecule has 22 heavy (non-hydrogen) atoms. The van der Waals surface area contributed by atoms with Gasteiger partial charge in [-0.3, -0.25) is 0 Å². The van der Waals surface area contributed by atoms with E-state index in [0.29, 0.717) is 0 Å². The van der Waals surface area contributed by atoms with Gasteiger partial charge in [0.2, 0.25) is 0 Å². The maximum atomic E-state index is 4.39. The molecule has 10 heteroatoms. The van der Waals surface area contributed by atoms with Crippen LogP contribution in [0.5, 0.6) is 0 Å². The molecule has 3 aromatic heterocycles. The van der Waals surface area contributed by atoms with E-state index in [-0.39, 0.29) is 18.9 Å². The number of nitrogens with zero attached hydrogens (tertiary/aromatic N) is 8. The van der Waals surface area contributed by atoms with Gasteiger partial charge >= 0.3 is 25.5 Å². The number of hydrogen-bond acceptors (Lipinski definition) is 5. The van der Waals surface area contributed by atoms with Crippen molar-refractivity contribution >= 4 is 12.6 Å². The van der Waals surface area contributed by atoms with Crippen LogP contribution in [0.15, 0.2) is 72.4 Å². The third-order valence-electron chi connectivity index (χ3n) is 3.42. The van der Waals surface area contributed by atoms with Gasteiger partial charge in [0.25, 0.3) is 0 Å². The maximum absolute atomic E-state index is 4.39. The molecular formula is C12H10BLiN8. The van der Waals surface area contributed by atoms with Crippen molar-refractivity contribution in [2.45, 2.75) is 0 Å². The molecule has 0 saturated heterocycles. The van der Waals surface area contributed by atoms with Crippen molar-refractivity contribution in [3.63, 3.8) is 0 Å². The number of hydrogen-bond donors (Lipinski definition) is 0. The number of rotatable bonds is 4. The van der Waals surface area contributed by atoms with E-state index < -0.39 is 6.69 Å². The van der Waals surface area contributed by atoms with Gasteiger partial charge in [0.1, 0.15) is 0 Å². The van der Waals surface area contributed by atoms with Gasteiger partial charge in [0, 0.05) is 24.8 Å². The predicted octanol–water partition coefficient (Wildman–Crippen LogP) is -2.77. The summed E-state index contributed by atoms with van der Waals surface area (Å²) in [5.74, 6) is 2.70. The minimum Gasteiger partial charge on any atom is -0.379 e. The zero-order valence-corrected chi connectivity index (χ0v) is 11.9. The summed E-state index contributed by atoms with van der Waals surface area (Å²) in [7, 11) is 0. The minimum absolute atomic E-state index is 0. The van der Waals surface area contributed by atoms with Crippen LogP contribution in [0.2, 0.25) is 0 Å². The molecule has 0 amide bonds. The van der Waals surface area contributed by atoms with Gasteiger partial charge in [-0.1, -0.05) is 0 Å². The van der Waals surface area contributed by atoms with Crippen LogP contribution >= 0.6 is 0 Å². The van der Waals surface area contributed by atoms with E-state index in [1.807, 2.05) is 36.8 Å². The molecule has 3 aromatic rings. The van der Waals surface area contributed by atoms with Gasteiger partial charge in [0.15, 0.2) is 0 Å². The maximum Gasteiger partial charge on any atom is 1.00 e. The largest absolute Gasteiger partial charge is 1.00 e. The molecule has 102 valence electrons. The minimum atomic E-state index is -1.90. The normalized spacial score (nSPS) is 12.8. The van der Waals surface area contributed by atoms with Crippen molar-refractivity contribution in [3.8, 4) is 0 Å². The number of hydrazone groups is 1. The van der Waals surface area contributed by atoms with Crippen molar-refractivity contribution in [2.24, 2.45) is 5.10 Å². The summed E-state index contributed by atoms with van der Waals surface area (Å²) >= 11 is 0. The average Bonchev–Trinajstić information content (AvgIpc) is 3.32. The molecule has 0 radical (unpaired) electrons. The molecule has 4 heterocycles. The van der Waals surface area contributed by atoms with E-state index in [1.165, 1.54) is 0 Å². The summed E-state index contributed by atoms with van der Waals surface area (Å²) in [5, 5.41) is 17.4. The summed E-state index contributed by atoms with van der Waals surface area (Å²) in [6.07, 6.45) is 12.4. The smallest absolute Gasteiger partial charge is 0.379 e. The first-order valence-electron chi connectivity index (χ1n) is 6.40. The first kappa shape index (κ1) is 14.3. The van der Waals surface area contributed by atoms with Crippen molar-refractivity contribution in [1.82, 2.24) is 34.0 Å². The molecule has 0 saturated carbocycles. The fraction of sp³-hybridized carbons (Fsp3) is 0. The van der Waals surface area contributed by atoms with Gasteiger partial charge in [-0.2, -0.15) is 5.10 Å². The van der Waals surface area contributed by atoms with Gasteiger partial charge in [-0.05, 0) is 42.5 Å². The molecule has 1 aliphatic rings. The van der Waals surface area contributed by atoms with E-state index in [9.17, 15) is 0 Å². The summed E-state index contributed by atoms with van der Waals surface area (Å²) < 4.78 is 5.32. The van der Waals surface area contributed by atoms with Crippen LogP contribution in [-0.4, -0.2) is 46.5 Å². The van der Waals surface area contributed by atoms with Crippen LogP contribution in [0.1, 0.15) is 0 Å². The molecule has 0 aliphatic carbocycles. The Morgan fingerprint density at radius 1 is 0.773 bits per heavy atom. The van der Waals surface area contributed by atoms with Crippen molar-refractivity contribution in [3.05, 3.63) is 67.3 Å². The SMILES string of the molecule is C1=C=NN([B-](n2cccn2)(n2cccn2)n2cccn2)C=1.[Li+]. The Morgan fingerprint density at radius 3 is 1.59 bits per heavy atom. The Morgan fingerprint density at radius 2 is 1.27 bits per heavy atom. The van der Waals surface area contributed by atoms with Crippen LogP contribution in [-0.2, 0) is 0 Å². The molecule has 0 atom stereocenters. The average molecular weight is 284 g/mol. The third kappa shape index (κ3) is 1.90. The van der Waals surface area contributed by atoms with Crippen LogP contribution in [0.4, 0.5) is 0 Å². The Bertz CT molecular complexity index is 726. The molecule has 0 fully saturated rings. The zero-order valence-electron chi connectivity index (χ0n) is 11.9. The van der Waals surface area contributed by atoms with E-state index in [2.05, 4.69) is 32.0 Å². The molecule has 1 aliphatic heterocycles. The topological polar surface area (TPSA) is 69.1 Å². The van der Waals surface area contributed by atoms with Gasteiger partial charge < -0.3 is 18.7 Å². The summed E-state index contributed by atoms with van der Waals surface area (Å²) in [5.41, 5.74) is 2.84. The van der Waals surface area contributed by atoms with Gasteiger partial charge in [-0.25, -0.2) is 15.3 Å². The second-order valence-electron chi connectivity index (χ2n) is 4.52. The Balaban J connectivity index is 0.00000144. The molecule has 0 spiro atoms. The molecule has 0 unspecified atom stereocenters. The van der Waals surface area contributed by atoms with Crippen LogP contribution in [0, 0.1) is 0 Å². The monoisotopic (exact) mass is 284 g/mol. The zero-order chi connectivity index (χ0) is 14.1. The Kier molecular flexibility index (Phi) is 3.63.